The molecule has 0 bridgehead atoms. The summed E-state index contributed by atoms with van der Waals surface area (Å²) in [5, 5.41) is 0. The second-order valence-corrected chi connectivity index (χ2v) is 5.25. The molecule has 0 unspecified atom stereocenters. The van der Waals surface area contributed by atoms with Gasteiger partial charge in [0.1, 0.15) is 11.6 Å². The largest absolute Gasteiger partial charge is 0.299 e. The van der Waals surface area contributed by atoms with Gasteiger partial charge >= 0.3 is 0 Å². The number of carbonyl (C=O) groups excluding carboxylic acids is 2. The molecule has 0 aliphatic carbocycles. The Labute approximate surface area is 131 Å². The summed E-state index contributed by atoms with van der Waals surface area (Å²) in [7, 11) is 0. The maximum atomic E-state index is 11.6. The van der Waals surface area contributed by atoms with Crippen LogP contribution >= 0.6 is 0 Å². The summed E-state index contributed by atoms with van der Waals surface area (Å²) in [4.78, 5) is 23.2. The molecule has 0 heterocycles. The summed E-state index contributed by atoms with van der Waals surface area (Å²) in [5.74, 6) is 5.47. The molecule has 0 N–H and O–H groups in total. The molecule has 0 amide bonds. The topological polar surface area (TPSA) is 34.1 Å². The average Bonchev–Trinajstić information content (AvgIpc) is 2.52. The van der Waals surface area contributed by atoms with Crippen molar-refractivity contribution in [1.82, 2.24) is 0 Å². The van der Waals surface area contributed by atoms with E-state index in [1.54, 1.807) is 0 Å². The van der Waals surface area contributed by atoms with Gasteiger partial charge in [-0.15, -0.1) is 0 Å². The Kier molecular flexibility index (Phi) is 5.27. The van der Waals surface area contributed by atoms with Crippen LogP contribution in [-0.4, -0.2) is 11.6 Å². The summed E-state index contributed by atoms with van der Waals surface area (Å²) in [6.45, 7) is 2.93. The average molecular weight is 290 g/mol. The predicted molar refractivity (Wildman–Crippen MR) is 87.4 cm³/mol. The Morgan fingerprint density at radius 3 is 2.09 bits per heavy atom. The predicted octanol–water partition coefficient (Wildman–Crippen LogP) is 3.42. The molecule has 2 nitrogen and oxygen atoms in total. The minimum Gasteiger partial charge on any atom is -0.299 e. The number of hydrogen-bond acceptors (Lipinski definition) is 2. The molecule has 0 spiro atoms. The molecule has 2 heteroatoms. The molecule has 110 valence electrons. The van der Waals surface area contributed by atoms with Gasteiger partial charge in [0.25, 0.3) is 0 Å². The first-order chi connectivity index (χ1) is 10.6. The van der Waals surface area contributed by atoms with Crippen molar-refractivity contribution < 1.29 is 9.59 Å². The van der Waals surface area contributed by atoms with Crippen molar-refractivity contribution in [2.24, 2.45) is 5.92 Å². The van der Waals surface area contributed by atoms with E-state index >= 15 is 0 Å². The van der Waals surface area contributed by atoms with Crippen molar-refractivity contribution in [2.45, 2.75) is 20.3 Å². The van der Waals surface area contributed by atoms with Crippen LogP contribution in [0.3, 0.4) is 0 Å². The first-order valence-corrected chi connectivity index (χ1v) is 7.24. The lowest BCUT2D eigenvalue weighted by Crippen LogP contribution is -2.22. The van der Waals surface area contributed by atoms with Crippen molar-refractivity contribution in [2.75, 3.05) is 0 Å². The Morgan fingerprint density at radius 2 is 1.45 bits per heavy atom. The molecular formula is C20H18O2. The lowest BCUT2D eigenvalue weighted by molar-refractivity contribution is -0.130. The lowest BCUT2D eigenvalue weighted by Gasteiger charge is -2.11. The van der Waals surface area contributed by atoms with Gasteiger partial charge in [0.2, 0.25) is 0 Å². The molecule has 0 radical (unpaired) electrons. The van der Waals surface area contributed by atoms with E-state index in [9.17, 15) is 9.59 Å². The highest BCUT2D eigenvalue weighted by atomic mass is 16.1. The van der Waals surface area contributed by atoms with Crippen LogP contribution in [0.4, 0.5) is 0 Å². The Hall–Kier alpha value is -2.66. The van der Waals surface area contributed by atoms with Crippen LogP contribution in [0.5, 0.6) is 0 Å². The van der Waals surface area contributed by atoms with Crippen LogP contribution in [0.15, 0.2) is 54.6 Å². The zero-order valence-electron chi connectivity index (χ0n) is 12.8. The third-order valence-corrected chi connectivity index (χ3v) is 3.54. The second kappa shape index (κ2) is 7.38. The monoisotopic (exact) mass is 290 g/mol. The highest BCUT2D eigenvalue weighted by Gasteiger charge is 2.20. The molecule has 0 aliphatic rings. The van der Waals surface area contributed by atoms with E-state index in [4.69, 9.17) is 0 Å². The van der Waals surface area contributed by atoms with Gasteiger partial charge in [0.05, 0.1) is 5.92 Å². The lowest BCUT2D eigenvalue weighted by atomic mass is 9.90. The number of hydrogen-bond donors (Lipinski definition) is 0. The zero-order valence-corrected chi connectivity index (χ0v) is 12.8. The Bertz CT molecular complexity index is 719. The van der Waals surface area contributed by atoms with E-state index in [0.29, 0.717) is 6.42 Å². The normalized spacial score (nSPS) is 9.95. The quantitative estimate of drug-likeness (QED) is 0.638. The standard InChI is InChI=1S/C20H18O2/c1-15(21)20(16(2)22)14-19-11-7-6-10-18(19)13-12-17-8-4-3-5-9-17/h3-11,20H,14H2,1-2H3. The van der Waals surface area contributed by atoms with Gasteiger partial charge in [-0.05, 0) is 44.0 Å². The summed E-state index contributed by atoms with van der Waals surface area (Å²) in [5.41, 5.74) is 2.73. The van der Waals surface area contributed by atoms with Gasteiger partial charge in [0, 0.05) is 11.1 Å². The molecule has 2 aromatic rings. The zero-order chi connectivity index (χ0) is 15.9. The summed E-state index contributed by atoms with van der Waals surface area (Å²) in [6.07, 6.45) is 0.407. The Morgan fingerprint density at radius 1 is 0.864 bits per heavy atom. The first kappa shape index (κ1) is 15.7. The van der Waals surface area contributed by atoms with E-state index in [-0.39, 0.29) is 11.6 Å². The second-order valence-electron chi connectivity index (χ2n) is 5.25. The van der Waals surface area contributed by atoms with Crippen LogP contribution in [0.1, 0.15) is 30.5 Å². The number of carbonyl (C=O) groups is 2. The van der Waals surface area contributed by atoms with Crippen LogP contribution < -0.4 is 0 Å². The van der Waals surface area contributed by atoms with Gasteiger partial charge in [0.15, 0.2) is 0 Å². The third kappa shape index (κ3) is 4.17. The fraction of sp³-hybridized carbons (Fsp3) is 0.200. The van der Waals surface area contributed by atoms with Gasteiger partial charge in [-0.3, -0.25) is 9.59 Å². The third-order valence-electron chi connectivity index (χ3n) is 3.54. The fourth-order valence-electron chi connectivity index (χ4n) is 2.27. The van der Waals surface area contributed by atoms with Gasteiger partial charge in [-0.1, -0.05) is 48.2 Å². The van der Waals surface area contributed by atoms with Gasteiger partial charge < -0.3 is 0 Å². The first-order valence-electron chi connectivity index (χ1n) is 7.24. The van der Waals surface area contributed by atoms with Crippen LogP contribution in [0.25, 0.3) is 0 Å². The van der Waals surface area contributed by atoms with Crippen molar-refractivity contribution >= 4 is 11.6 Å². The fourth-order valence-corrected chi connectivity index (χ4v) is 2.27. The van der Waals surface area contributed by atoms with E-state index < -0.39 is 5.92 Å². The highest BCUT2D eigenvalue weighted by Crippen LogP contribution is 2.15. The molecule has 0 saturated carbocycles. The number of ketones is 2. The van der Waals surface area contributed by atoms with Crippen LogP contribution in [0, 0.1) is 17.8 Å². The smallest absolute Gasteiger partial charge is 0.140 e. The van der Waals surface area contributed by atoms with E-state index in [0.717, 1.165) is 16.7 Å². The van der Waals surface area contributed by atoms with Crippen molar-refractivity contribution in [3.8, 4) is 11.8 Å². The molecule has 2 aromatic carbocycles. The summed E-state index contributed by atoms with van der Waals surface area (Å²) < 4.78 is 0. The van der Waals surface area contributed by atoms with Gasteiger partial charge in [-0.2, -0.15) is 0 Å². The van der Waals surface area contributed by atoms with Crippen molar-refractivity contribution in [1.29, 1.82) is 0 Å². The summed E-state index contributed by atoms with van der Waals surface area (Å²) in [6, 6.07) is 17.4. The SMILES string of the molecule is CC(=O)C(Cc1ccccc1C#Cc1ccccc1)C(C)=O. The van der Waals surface area contributed by atoms with Gasteiger partial charge in [-0.25, -0.2) is 0 Å². The maximum absolute atomic E-state index is 11.6. The van der Waals surface area contributed by atoms with E-state index in [2.05, 4.69) is 11.8 Å². The van der Waals surface area contributed by atoms with E-state index in [1.165, 1.54) is 13.8 Å². The maximum Gasteiger partial charge on any atom is 0.140 e. The van der Waals surface area contributed by atoms with Crippen LogP contribution in [0.2, 0.25) is 0 Å². The highest BCUT2D eigenvalue weighted by molar-refractivity contribution is 6.00. The Balaban J connectivity index is 2.30. The van der Waals surface area contributed by atoms with Crippen molar-refractivity contribution in [3.05, 3.63) is 71.3 Å². The minimum atomic E-state index is -0.584. The number of rotatable bonds is 4. The molecule has 0 atom stereocenters. The van der Waals surface area contributed by atoms with Crippen LogP contribution in [-0.2, 0) is 16.0 Å². The molecule has 0 fully saturated rings. The molecule has 22 heavy (non-hydrogen) atoms. The molecule has 0 aliphatic heterocycles. The molecule has 0 saturated heterocycles. The number of Topliss-reactive ketones (excluding diaryl/α,β-unsaturated/α-hetero) is 2. The molecule has 0 aromatic heterocycles. The summed E-state index contributed by atoms with van der Waals surface area (Å²) >= 11 is 0. The van der Waals surface area contributed by atoms with E-state index in [1.807, 2.05) is 54.6 Å². The molecule has 2 rings (SSSR count). The number of benzene rings is 2. The molecular weight excluding hydrogens is 272 g/mol. The minimum absolute atomic E-state index is 0.0988. The van der Waals surface area contributed by atoms with Crippen molar-refractivity contribution in [3.63, 3.8) is 0 Å².